The molecule has 0 aliphatic rings. The van der Waals surface area contributed by atoms with Gasteiger partial charge in [-0.2, -0.15) is 0 Å². The zero-order valence-electron chi connectivity index (χ0n) is 14.2. The molecule has 0 bridgehead atoms. The van der Waals surface area contributed by atoms with Crippen molar-refractivity contribution < 1.29 is 18.3 Å². The van der Waals surface area contributed by atoms with Gasteiger partial charge in [-0.25, -0.2) is 18.5 Å². The first-order chi connectivity index (χ1) is 12.7. The minimum absolute atomic E-state index is 0.0222. The van der Waals surface area contributed by atoms with E-state index >= 15 is 0 Å². The van der Waals surface area contributed by atoms with Crippen molar-refractivity contribution in [2.75, 3.05) is 11.9 Å². The molecule has 0 fully saturated rings. The second kappa shape index (κ2) is 6.99. The maximum atomic E-state index is 11.4. The number of primary sulfonamides is 1. The van der Waals surface area contributed by atoms with E-state index in [0.717, 1.165) is 5.69 Å². The molecule has 1 amide bonds. The highest BCUT2D eigenvalue weighted by molar-refractivity contribution is 7.89. The van der Waals surface area contributed by atoms with Crippen LogP contribution in [0.4, 0.5) is 10.8 Å². The van der Waals surface area contributed by atoms with Crippen LogP contribution in [0.25, 0.3) is 11.3 Å². The highest BCUT2D eigenvalue weighted by atomic mass is 32.2. The normalized spacial score (nSPS) is 11.3. The summed E-state index contributed by atoms with van der Waals surface area (Å²) in [6, 6.07) is 10.6. The maximum absolute atomic E-state index is 11.4. The molecule has 1 heterocycles. The van der Waals surface area contributed by atoms with Gasteiger partial charge in [0.05, 0.1) is 16.2 Å². The van der Waals surface area contributed by atoms with Crippen molar-refractivity contribution in [1.29, 1.82) is 0 Å². The van der Waals surface area contributed by atoms with Gasteiger partial charge in [0.1, 0.15) is 5.75 Å². The van der Waals surface area contributed by atoms with E-state index < -0.39 is 15.9 Å². The quantitative estimate of drug-likeness (QED) is 0.594. The first kappa shape index (κ1) is 18.8. The number of amides is 1. The summed E-state index contributed by atoms with van der Waals surface area (Å²) in [7, 11) is -1.95. The molecule has 0 aliphatic heterocycles. The SMILES string of the molecule is CN(c1ccc(S(N)(=O)=O)cc1)c1nc(-c2ccc(O)c(C(N)=O)c2)cs1. The molecule has 1 aromatic heterocycles. The van der Waals surface area contributed by atoms with Gasteiger partial charge in [-0.05, 0) is 42.5 Å². The highest BCUT2D eigenvalue weighted by Crippen LogP contribution is 2.32. The number of anilines is 2. The van der Waals surface area contributed by atoms with Crippen LogP contribution in [0.5, 0.6) is 5.75 Å². The fraction of sp³-hybridized carbons (Fsp3) is 0.0588. The number of carbonyl (C=O) groups is 1. The Kier molecular flexibility index (Phi) is 4.87. The maximum Gasteiger partial charge on any atom is 0.252 e. The number of carbonyl (C=O) groups excluding carboxylic acids is 1. The van der Waals surface area contributed by atoms with Crippen LogP contribution in [0.3, 0.4) is 0 Å². The van der Waals surface area contributed by atoms with Crippen molar-refractivity contribution in [2.24, 2.45) is 10.9 Å². The predicted octanol–water partition coefficient (Wildman–Crippen LogP) is 2.03. The van der Waals surface area contributed by atoms with E-state index in [1.165, 1.54) is 35.6 Å². The van der Waals surface area contributed by atoms with Crippen molar-refractivity contribution in [1.82, 2.24) is 4.98 Å². The molecule has 0 saturated carbocycles. The van der Waals surface area contributed by atoms with E-state index in [4.69, 9.17) is 10.9 Å². The van der Waals surface area contributed by atoms with Crippen LogP contribution in [-0.2, 0) is 10.0 Å². The summed E-state index contributed by atoms with van der Waals surface area (Å²) >= 11 is 1.37. The zero-order chi connectivity index (χ0) is 19.8. The number of phenols is 1. The average Bonchev–Trinajstić information content (AvgIpc) is 3.10. The number of thiazole rings is 1. The lowest BCUT2D eigenvalue weighted by atomic mass is 10.1. The van der Waals surface area contributed by atoms with Crippen LogP contribution in [0.1, 0.15) is 10.4 Å². The van der Waals surface area contributed by atoms with Gasteiger partial charge < -0.3 is 15.7 Å². The smallest absolute Gasteiger partial charge is 0.252 e. The summed E-state index contributed by atoms with van der Waals surface area (Å²) in [5.74, 6) is -0.911. The molecule has 0 atom stereocenters. The predicted molar refractivity (Wildman–Crippen MR) is 104 cm³/mol. The Morgan fingerprint density at radius 2 is 1.85 bits per heavy atom. The lowest BCUT2D eigenvalue weighted by molar-refractivity contribution is 0.0998. The van der Waals surface area contributed by atoms with Gasteiger partial charge >= 0.3 is 0 Å². The third kappa shape index (κ3) is 3.92. The summed E-state index contributed by atoms with van der Waals surface area (Å²) in [5.41, 5.74) is 7.26. The van der Waals surface area contributed by atoms with Crippen molar-refractivity contribution in [3.8, 4) is 17.0 Å². The number of benzene rings is 2. The standard InChI is InChI=1S/C17H16N4O4S2/c1-21(11-3-5-12(6-4-11)27(19,24)25)17-20-14(9-26-17)10-2-7-15(22)13(8-10)16(18)23/h2-9,22H,1H3,(H2,18,23)(H2,19,24,25). The number of hydrogen-bond donors (Lipinski definition) is 3. The van der Waals surface area contributed by atoms with Crippen molar-refractivity contribution in [3.05, 3.63) is 53.4 Å². The molecule has 2 aromatic carbocycles. The molecule has 0 saturated heterocycles. The van der Waals surface area contributed by atoms with Crippen LogP contribution < -0.4 is 15.8 Å². The monoisotopic (exact) mass is 404 g/mol. The van der Waals surface area contributed by atoms with E-state index in [2.05, 4.69) is 4.98 Å². The Labute approximate surface area is 159 Å². The molecule has 0 radical (unpaired) electrons. The Morgan fingerprint density at radius 3 is 2.44 bits per heavy atom. The zero-order valence-corrected chi connectivity index (χ0v) is 15.8. The fourth-order valence-corrected chi connectivity index (χ4v) is 3.75. The van der Waals surface area contributed by atoms with Gasteiger partial charge in [-0.15, -0.1) is 11.3 Å². The number of nitrogens with zero attached hydrogens (tertiary/aromatic N) is 2. The molecular weight excluding hydrogens is 388 g/mol. The molecule has 27 heavy (non-hydrogen) atoms. The molecule has 0 spiro atoms. The van der Waals surface area contributed by atoms with Gasteiger partial charge in [0, 0.05) is 23.7 Å². The Hall–Kier alpha value is -2.95. The minimum atomic E-state index is -3.75. The molecule has 3 aromatic rings. The first-order valence-electron chi connectivity index (χ1n) is 7.62. The van der Waals surface area contributed by atoms with Crippen LogP contribution in [0.2, 0.25) is 0 Å². The molecular formula is C17H16N4O4S2. The van der Waals surface area contributed by atoms with Crippen LogP contribution >= 0.6 is 11.3 Å². The molecule has 10 heteroatoms. The molecule has 3 rings (SSSR count). The van der Waals surface area contributed by atoms with Gasteiger partial charge in [0.25, 0.3) is 5.91 Å². The average molecular weight is 404 g/mol. The van der Waals surface area contributed by atoms with E-state index in [0.29, 0.717) is 16.4 Å². The number of aromatic hydroxyl groups is 1. The summed E-state index contributed by atoms with van der Waals surface area (Å²) < 4.78 is 22.7. The van der Waals surface area contributed by atoms with Gasteiger partial charge in [0.2, 0.25) is 10.0 Å². The van der Waals surface area contributed by atoms with Gasteiger partial charge in [0.15, 0.2) is 5.13 Å². The summed E-state index contributed by atoms with van der Waals surface area (Å²) in [6.07, 6.45) is 0. The largest absolute Gasteiger partial charge is 0.507 e. The number of aromatic nitrogens is 1. The van der Waals surface area contributed by atoms with E-state index in [9.17, 15) is 18.3 Å². The Balaban J connectivity index is 1.89. The topological polar surface area (TPSA) is 140 Å². The summed E-state index contributed by atoms with van der Waals surface area (Å²) in [5, 5.41) is 17.3. The van der Waals surface area contributed by atoms with E-state index in [1.807, 2.05) is 5.38 Å². The summed E-state index contributed by atoms with van der Waals surface area (Å²) in [4.78, 5) is 17.7. The third-order valence-corrected chi connectivity index (χ3v) is 5.74. The number of rotatable bonds is 5. The molecule has 0 unspecified atom stereocenters. The lowest BCUT2D eigenvalue weighted by Crippen LogP contribution is -2.13. The second-order valence-electron chi connectivity index (χ2n) is 5.71. The Bertz CT molecular complexity index is 1110. The van der Waals surface area contributed by atoms with Gasteiger partial charge in [-0.1, -0.05) is 0 Å². The van der Waals surface area contributed by atoms with E-state index in [-0.39, 0.29) is 16.2 Å². The third-order valence-electron chi connectivity index (χ3n) is 3.89. The van der Waals surface area contributed by atoms with Crippen molar-refractivity contribution >= 4 is 38.1 Å². The molecule has 0 aliphatic carbocycles. The van der Waals surface area contributed by atoms with Gasteiger partial charge in [-0.3, -0.25) is 4.79 Å². The highest BCUT2D eigenvalue weighted by Gasteiger charge is 2.14. The molecule has 8 nitrogen and oxygen atoms in total. The van der Waals surface area contributed by atoms with Crippen LogP contribution in [0, 0.1) is 0 Å². The fourth-order valence-electron chi connectivity index (χ4n) is 2.41. The van der Waals surface area contributed by atoms with E-state index in [1.54, 1.807) is 30.1 Å². The first-order valence-corrected chi connectivity index (χ1v) is 10.0. The Morgan fingerprint density at radius 1 is 1.19 bits per heavy atom. The molecule has 140 valence electrons. The van der Waals surface area contributed by atoms with Crippen molar-refractivity contribution in [3.63, 3.8) is 0 Å². The minimum Gasteiger partial charge on any atom is -0.507 e. The summed E-state index contributed by atoms with van der Waals surface area (Å²) in [6.45, 7) is 0. The number of hydrogen-bond acceptors (Lipinski definition) is 7. The lowest BCUT2D eigenvalue weighted by Gasteiger charge is -2.16. The van der Waals surface area contributed by atoms with Crippen LogP contribution in [-0.4, -0.2) is 31.5 Å². The number of sulfonamides is 1. The van der Waals surface area contributed by atoms with Crippen LogP contribution in [0.15, 0.2) is 52.7 Å². The second-order valence-corrected chi connectivity index (χ2v) is 8.11. The molecule has 5 N–H and O–H groups in total. The number of nitrogens with two attached hydrogens (primary N) is 2. The number of primary amides is 1. The van der Waals surface area contributed by atoms with Crippen molar-refractivity contribution in [2.45, 2.75) is 4.90 Å².